The van der Waals surface area contributed by atoms with E-state index in [1.165, 1.54) is 61.9 Å². The highest BCUT2D eigenvalue weighted by Gasteiger charge is 2.25. The number of hydrogen-bond donors (Lipinski definition) is 1. The van der Waals surface area contributed by atoms with Gasteiger partial charge in [-0.15, -0.1) is 23.1 Å². The Labute approximate surface area is 165 Å². The van der Waals surface area contributed by atoms with Gasteiger partial charge in [0.2, 0.25) is 0 Å². The van der Waals surface area contributed by atoms with Crippen molar-refractivity contribution in [1.82, 2.24) is 10.2 Å². The lowest BCUT2D eigenvalue weighted by Gasteiger charge is -2.33. The number of likely N-dealkylation sites (tertiary alicyclic amines) is 1. The number of carbonyl (C=O) groups excluding carboxylic acids is 1. The molecule has 1 aromatic heterocycles. The number of amides is 1. The lowest BCUT2D eigenvalue weighted by Crippen LogP contribution is -2.39. The van der Waals surface area contributed by atoms with Crippen molar-refractivity contribution in [2.45, 2.75) is 70.1 Å². The van der Waals surface area contributed by atoms with Crippen molar-refractivity contribution >= 4 is 35.1 Å². The summed E-state index contributed by atoms with van der Waals surface area (Å²) in [6, 6.07) is 0.708. The van der Waals surface area contributed by atoms with E-state index in [1.54, 1.807) is 22.2 Å². The SMILES string of the molecule is CC1CCCCN1CCCNC(=O)C1=Cc2sc3c(c2CS1)CCCC3. The zero-order valence-electron chi connectivity index (χ0n) is 15.8. The maximum atomic E-state index is 12.6. The predicted molar refractivity (Wildman–Crippen MR) is 113 cm³/mol. The quantitative estimate of drug-likeness (QED) is 0.746. The molecule has 1 N–H and O–H groups in total. The maximum absolute atomic E-state index is 12.6. The van der Waals surface area contributed by atoms with Crippen LogP contribution in [-0.4, -0.2) is 36.5 Å². The molecule has 0 bridgehead atoms. The van der Waals surface area contributed by atoms with Gasteiger partial charge in [-0.25, -0.2) is 0 Å². The number of rotatable bonds is 5. The topological polar surface area (TPSA) is 32.3 Å². The molecule has 0 radical (unpaired) electrons. The second-order valence-corrected chi connectivity index (χ2v) is 10.00. The first kappa shape index (κ1) is 18.6. The van der Waals surface area contributed by atoms with Gasteiger partial charge in [-0.2, -0.15) is 0 Å². The standard InChI is InChI=1S/C21H30N2OS2/c1-15-7-4-5-11-23(15)12-6-10-22-21(24)20-13-19-17(14-25-20)16-8-2-3-9-18(16)26-19/h13,15H,2-12,14H2,1H3,(H,22,24). The van der Waals surface area contributed by atoms with Crippen molar-refractivity contribution in [3.05, 3.63) is 25.8 Å². The number of carbonyl (C=O) groups is 1. The molecule has 3 heterocycles. The fraction of sp³-hybridized carbons (Fsp3) is 0.667. The van der Waals surface area contributed by atoms with Crippen molar-refractivity contribution in [1.29, 1.82) is 0 Å². The average molecular weight is 391 g/mol. The summed E-state index contributed by atoms with van der Waals surface area (Å²) in [7, 11) is 0. The summed E-state index contributed by atoms with van der Waals surface area (Å²) < 4.78 is 0. The van der Waals surface area contributed by atoms with Crippen LogP contribution in [0.25, 0.3) is 6.08 Å². The Morgan fingerprint density at radius 1 is 1.23 bits per heavy atom. The van der Waals surface area contributed by atoms with E-state index < -0.39 is 0 Å². The molecule has 1 atom stereocenters. The predicted octanol–water partition coefficient (Wildman–Crippen LogP) is 4.60. The molecule has 3 nitrogen and oxygen atoms in total. The third-order valence-electron chi connectivity index (χ3n) is 6.02. The summed E-state index contributed by atoms with van der Waals surface area (Å²) >= 11 is 3.65. The Morgan fingerprint density at radius 3 is 3.00 bits per heavy atom. The lowest BCUT2D eigenvalue weighted by atomic mass is 9.95. The van der Waals surface area contributed by atoms with Crippen LogP contribution in [0, 0.1) is 0 Å². The summed E-state index contributed by atoms with van der Waals surface area (Å²) in [5.74, 6) is 1.10. The van der Waals surface area contributed by atoms with Gasteiger partial charge in [0.1, 0.15) is 0 Å². The first-order valence-corrected chi connectivity index (χ1v) is 12.0. The highest BCUT2D eigenvalue weighted by Crippen LogP contribution is 2.42. The Bertz CT molecular complexity index is 694. The summed E-state index contributed by atoms with van der Waals surface area (Å²) in [6.45, 7) is 5.45. The van der Waals surface area contributed by atoms with E-state index in [1.807, 2.05) is 11.3 Å². The third-order valence-corrected chi connectivity index (χ3v) is 8.35. The van der Waals surface area contributed by atoms with E-state index in [-0.39, 0.29) is 5.91 Å². The van der Waals surface area contributed by atoms with Crippen LogP contribution in [0.2, 0.25) is 0 Å². The first-order chi connectivity index (χ1) is 12.7. The van der Waals surface area contributed by atoms with Gasteiger partial charge < -0.3 is 10.2 Å². The molecule has 1 unspecified atom stereocenters. The molecule has 142 valence electrons. The molecule has 4 rings (SSSR count). The van der Waals surface area contributed by atoms with E-state index in [2.05, 4.69) is 23.2 Å². The highest BCUT2D eigenvalue weighted by atomic mass is 32.2. The minimum Gasteiger partial charge on any atom is -0.352 e. The van der Waals surface area contributed by atoms with E-state index >= 15 is 0 Å². The Hall–Kier alpha value is -0.780. The van der Waals surface area contributed by atoms with Gasteiger partial charge in [0.15, 0.2) is 0 Å². The van der Waals surface area contributed by atoms with E-state index in [0.717, 1.165) is 30.2 Å². The maximum Gasteiger partial charge on any atom is 0.257 e. The zero-order chi connectivity index (χ0) is 17.9. The molecule has 1 fully saturated rings. The summed E-state index contributed by atoms with van der Waals surface area (Å²) in [5.41, 5.74) is 3.13. The van der Waals surface area contributed by atoms with Crippen LogP contribution in [-0.2, 0) is 23.4 Å². The van der Waals surface area contributed by atoms with Crippen LogP contribution in [0.3, 0.4) is 0 Å². The van der Waals surface area contributed by atoms with Crippen LogP contribution < -0.4 is 5.32 Å². The number of nitrogens with one attached hydrogen (secondary N) is 1. The molecule has 0 saturated carbocycles. The first-order valence-electron chi connectivity index (χ1n) is 10.2. The molecule has 26 heavy (non-hydrogen) atoms. The van der Waals surface area contributed by atoms with Gasteiger partial charge in [0.25, 0.3) is 5.91 Å². The lowest BCUT2D eigenvalue weighted by molar-refractivity contribution is -0.116. The minimum absolute atomic E-state index is 0.124. The number of thioether (sulfide) groups is 1. The molecule has 1 aliphatic carbocycles. The van der Waals surface area contributed by atoms with E-state index in [4.69, 9.17) is 0 Å². The molecule has 1 amide bonds. The van der Waals surface area contributed by atoms with Crippen molar-refractivity contribution in [3.8, 4) is 0 Å². The Balaban J connectivity index is 1.29. The van der Waals surface area contributed by atoms with Gasteiger partial charge in [0, 0.05) is 34.6 Å². The van der Waals surface area contributed by atoms with Crippen molar-refractivity contribution in [2.24, 2.45) is 0 Å². The van der Waals surface area contributed by atoms with Crippen molar-refractivity contribution in [3.63, 3.8) is 0 Å². The molecule has 0 spiro atoms. The second-order valence-electron chi connectivity index (χ2n) is 7.84. The third kappa shape index (κ3) is 4.05. The minimum atomic E-state index is 0.124. The summed E-state index contributed by atoms with van der Waals surface area (Å²) in [4.78, 5) is 19.0. The molecular weight excluding hydrogens is 360 g/mol. The monoisotopic (exact) mass is 390 g/mol. The molecule has 5 heteroatoms. The summed E-state index contributed by atoms with van der Waals surface area (Å²) in [5, 5.41) is 3.15. The van der Waals surface area contributed by atoms with Crippen LogP contribution in [0.5, 0.6) is 0 Å². The fourth-order valence-corrected chi connectivity index (χ4v) is 6.99. The molecule has 2 aliphatic heterocycles. The number of piperidine rings is 1. The van der Waals surface area contributed by atoms with E-state index in [9.17, 15) is 4.79 Å². The zero-order valence-corrected chi connectivity index (χ0v) is 17.4. The fourth-order valence-electron chi connectivity index (χ4n) is 4.43. The van der Waals surface area contributed by atoms with Gasteiger partial charge in [0.05, 0.1) is 4.91 Å². The van der Waals surface area contributed by atoms with Crippen LogP contribution >= 0.6 is 23.1 Å². The van der Waals surface area contributed by atoms with Gasteiger partial charge >= 0.3 is 0 Å². The normalized spacial score (nSPS) is 23.1. The molecular formula is C21H30N2OS2. The van der Waals surface area contributed by atoms with Crippen molar-refractivity contribution in [2.75, 3.05) is 19.6 Å². The van der Waals surface area contributed by atoms with Crippen LogP contribution in [0.1, 0.15) is 66.3 Å². The van der Waals surface area contributed by atoms with Gasteiger partial charge in [-0.05, 0) is 75.6 Å². The van der Waals surface area contributed by atoms with Gasteiger partial charge in [-0.1, -0.05) is 6.42 Å². The van der Waals surface area contributed by atoms with Crippen molar-refractivity contribution < 1.29 is 4.79 Å². The Morgan fingerprint density at radius 2 is 2.12 bits per heavy atom. The number of hydrogen-bond acceptors (Lipinski definition) is 4. The van der Waals surface area contributed by atoms with Gasteiger partial charge in [-0.3, -0.25) is 4.79 Å². The molecule has 1 aromatic rings. The number of thiophene rings is 1. The highest BCUT2D eigenvalue weighted by molar-refractivity contribution is 8.03. The molecule has 0 aromatic carbocycles. The summed E-state index contributed by atoms with van der Waals surface area (Å²) in [6.07, 6.45) is 12.3. The largest absolute Gasteiger partial charge is 0.352 e. The number of nitrogens with zero attached hydrogens (tertiary/aromatic N) is 1. The van der Waals surface area contributed by atoms with Crippen LogP contribution in [0.4, 0.5) is 0 Å². The molecule has 1 saturated heterocycles. The number of fused-ring (bicyclic) bond motifs is 3. The average Bonchev–Trinajstić information content (AvgIpc) is 3.04. The number of aryl methyl sites for hydroxylation is 1. The van der Waals surface area contributed by atoms with Crippen LogP contribution in [0.15, 0.2) is 4.91 Å². The van der Waals surface area contributed by atoms with E-state index in [0.29, 0.717) is 6.04 Å². The Kier molecular flexibility index (Phi) is 6.07. The smallest absolute Gasteiger partial charge is 0.257 e. The molecule has 3 aliphatic rings. The second kappa shape index (κ2) is 8.49.